The zero-order chi connectivity index (χ0) is 11.7. The lowest BCUT2D eigenvalue weighted by atomic mass is 10.2. The summed E-state index contributed by atoms with van der Waals surface area (Å²) in [7, 11) is 4.19. The molecule has 4 heteroatoms. The second kappa shape index (κ2) is 4.29. The highest BCUT2D eigenvalue weighted by Crippen LogP contribution is 2.24. The molecule has 4 nitrogen and oxygen atoms in total. The van der Waals surface area contributed by atoms with E-state index in [0.29, 0.717) is 11.8 Å². The molecule has 0 aliphatic carbocycles. The molecule has 0 aromatic carbocycles. The summed E-state index contributed by atoms with van der Waals surface area (Å²) >= 11 is 0. The Morgan fingerprint density at radius 3 is 2.75 bits per heavy atom. The van der Waals surface area contributed by atoms with Crippen molar-refractivity contribution in [1.29, 1.82) is 0 Å². The summed E-state index contributed by atoms with van der Waals surface area (Å²) < 4.78 is 5.51. The van der Waals surface area contributed by atoms with Crippen LogP contribution in [0.3, 0.4) is 0 Å². The second-order valence-corrected chi connectivity index (χ2v) is 4.55. The van der Waals surface area contributed by atoms with Gasteiger partial charge in [-0.2, -0.15) is 0 Å². The molecular weight excluding hydrogens is 204 g/mol. The zero-order valence-electron chi connectivity index (χ0n) is 10.1. The molecule has 1 aromatic rings. The van der Waals surface area contributed by atoms with Gasteiger partial charge >= 0.3 is 0 Å². The average Bonchev–Trinajstić information content (AvgIpc) is 2.86. The third-order valence-corrected chi connectivity index (χ3v) is 3.14. The number of furan rings is 1. The first-order valence-electron chi connectivity index (χ1n) is 5.60. The molecular formula is C12H18N2O2. The fourth-order valence-corrected chi connectivity index (χ4v) is 2.05. The van der Waals surface area contributed by atoms with Gasteiger partial charge in [0.1, 0.15) is 0 Å². The number of hydrogen-bond acceptors (Lipinski definition) is 4. The number of nitrogens with zero attached hydrogens (tertiary/aromatic N) is 2. The molecule has 1 aliphatic rings. The fourth-order valence-electron chi connectivity index (χ4n) is 2.05. The predicted molar refractivity (Wildman–Crippen MR) is 63.0 cm³/mol. The predicted octanol–water partition coefficient (Wildman–Crippen LogP) is 1.62. The van der Waals surface area contributed by atoms with Gasteiger partial charge < -0.3 is 14.2 Å². The van der Waals surface area contributed by atoms with Gasteiger partial charge in [0.15, 0.2) is 17.4 Å². The normalized spacial score (nSPS) is 20.8. The van der Waals surface area contributed by atoms with E-state index in [2.05, 4.69) is 23.9 Å². The monoisotopic (exact) mass is 222 g/mol. The van der Waals surface area contributed by atoms with Gasteiger partial charge in [-0.3, -0.25) is 4.79 Å². The van der Waals surface area contributed by atoms with Crippen molar-refractivity contribution in [2.24, 2.45) is 0 Å². The van der Waals surface area contributed by atoms with Gasteiger partial charge in [-0.1, -0.05) is 0 Å². The lowest BCUT2D eigenvalue weighted by molar-refractivity contribution is 0.0988. The minimum absolute atomic E-state index is 0.0189. The van der Waals surface area contributed by atoms with Crippen molar-refractivity contribution in [2.75, 3.05) is 32.1 Å². The van der Waals surface area contributed by atoms with E-state index in [1.165, 1.54) is 6.92 Å². The Labute approximate surface area is 95.8 Å². The topological polar surface area (TPSA) is 36.7 Å². The van der Waals surface area contributed by atoms with Crippen molar-refractivity contribution in [2.45, 2.75) is 19.4 Å². The first-order chi connectivity index (χ1) is 7.58. The quantitative estimate of drug-likeness (QED) is 0.728. The van der Waals surface area contributed by atoms with Gasteiger partial charge in [0.2, 0.25) is 0 Å². The molecule has 0 N–H and O–H groups in total. The van der Waals surface area contributed by atoms with E-state index in [1.54, 1.807) is 6.07 Å². The highest BCUT2D eigenvalue weighted by molar-refractivity contribution is 5.91. The molecule has 1 unspecified atom stereocenters. The Morgan fingerprint density at radius 2 is 2.25 bits per heavy atom. The number of likely N-dealkylation sites (N-methyl/N-ethyl adjacent to an activating group) is 1. The lowest BCUT2D eigenvalue weighted by Gasteiger charge is -2.19. The van der Waals surface area contributed by atoms with Crippen molar-refractivity contribution in [3.8, 4) is 0 Å². The van der Waals surface area contributed by atoms with Crippen molar-refractivity contribution >= 4 is 11.7 Å². The molecule has 1 aliphatic heterocycles. The number of anilines is 1. The van der Waals surface area contributed by atoms with Crippen LogP contribution in [0, 0.1) is 0 Å². The lowest BCUT2D eigenvalue weighted by Crippen LogP contribution is -2.31. The molecule has 1 saturated heterocycles. The van der Waals surface area contributed by atoms with E-state index in [-0.39, 0.29) is 5.78 Å². The maximum Gasteiger partial charge on any atom is 0.196 e. The van der Waals surface area contributed by atoms with Gasteiger partial charge in [0, 0.05) is 32.1 Å². The van der Waals surface area contributed by atoms with E-state index >= 15 is 0 Å². The fraction of sp³-hybridized carbons (Fsp3) is 0.583. The standard InChI is InChI=1S/C12H18N2O2/c1-9(15)11-4-5-12(16-11)14-7-6-10(8-14)13(2)3/h4-5,10H,6-8H2,1-3H3. The van der Waals surface area contributed by atoms with Gasteiger partial charge in [0.25, 0.3) is 0 Å². The van der Waals surface area contributed by atoms with E-state index in [4.69, 9.17) is 4.42 Å². The first kappa shape index (κ1) is 11.2. The molecule has 1 fully saturated rings. The maximum atomic E-state index is 11.1. The average molecular weight is 222 g/mol. The number of carbonyl (C=O) groups excluding carboxylic acids is 1. The number of carbonyl (C=O) groups is 1. The van der Waals surface area contributed by atoms with Gasteiger partial charge in [-0.25, -0.2) is 0 Å². The van der Waals surface area contributed by atoms with Crippen LogP contribution in [0.1, 0.15) is 23.9 Å². The Bertz CT molecular complexity index is 384. The number of Topliss-reactive ketones (excluding diaryl/α,β-unsaturated/α-hetero) is 1. The Hall–Kier alpha value is -1.29. The smallest absolute Gasteiger partial charge is 0.196 e. The molecule has 0 saturated carbocycles. The molecule has 1 aromatic heterocycles. The highest BCUT2D eigenvalue weighted by Gasteiger charge is 2.26. The maximum absolute atomic E-state index is 11.1. The van der Waals surface area contributed by atoms with Crippen molar-refractivity contribution in [3.05, 3.63) is 17.9 Å². The van der Waals surface area contributed by atoms with Crippen LogP contribution in [0.4, 0.5) is 5.88 Å². The SMILES string of the molecule is CC(=O)c1ccc(N2CCC(N(C)C)C2)o1. The summed E-state index contributed by atoms with van der Waals surface area (Å²) in [6, 6.07) is 4.21. The van der Waals surface area contributed by atoms with Crippen LogP contribution >= 0.6 is 0 Å². The first-order valence-corrected chi connectivity index (χ1v) is 5.60. The minimum Gasteiger partial charge on any atom is -0.437 e. The van der Waals surface area contributed by atoms with Crippen LogP contribution in [0.15, 0.2) is 16.5 Å². The van der Waals surface area contributed by atoms with Gasteiger partial charge in [-0.15, -0.1) is 0 Å². The summed E-state index contributed by atoms with van der Waals surface area (Å²) in [6.45, 7) is 3.49. The Balaban J connectivity index is 2.06. The second-order valence-electron chi connectivity index (χ2n) is 4.55. The Kier molecular flexibility index (Phi) is 3.01. The molecule has 0 bridgehead atoms. The van der Waals surface area contributed by atoms with Crippen molar-refractivity contribution < 1.29 is 9.21 Å². The number of hydrogen-bond donors (Lipinski definition) is 0. The molecule has 88 valence electrons. The van der Waals surface area contributed by atoms with E-state index in [1.807, 2.05) is 6.07 Å². The molecule has 0 spiro atoms. The van der Waals surface area contributed by atoms with Gasteiger partial charge in [-0.05, 0) is 26.6 Å². The van der Waals surface area contributed by atoms with Crippen LogP contribution in [-0.4, -0.2) is 43.9 Å². The third-order valence-electron chi connectivity index (χ3n) is 3.14. The van der Waals surface area contributed by atoms with Crippen LogP contribution in [0.2, 0.25) is 0 Å². The van der Waals surface area contributed by atoms with Crippen molar-refractivity contribution in [3.63, 3.8) is 0 Å². The van der Waals surface area contributed by atoms with Crippen LogP contribution < -0.4 is 4.90 Å². The molecule has 1 atom stereocenters. The number of ketones is 1. The minimum atomic E-state index is -0.0189. The molecule has 2 rings (SSSR count). The molecule has 16 heavy (non-hydrogen) atoms. The number of rotatable bonds is 3. The summed E-state index contributed by atoms with van der Waals surface area (Å²) in [4.78, 5) is 15.5. The van der Waals surface area contributed by atoms with E-state index in [0.717, 1.165) is 25.4 Å². The van der Waals surface area contributed by atoms with Crippen LogP contribution in [-0.2, 0) is 0 Å². The highest BCUT2D eigenvalue weighted by atomic mass is 16.4. The Morgan fingerprint density at radius 1 is 1.50 bits per heavy atom. The summed E-state index contributed by atoms with van der Waals surface area (Å²) in [5.41, 5.74) is 0. The molecule has 0 radical (unpaired) electrons. The largest absolute Gasteiger partial charge is 0.437 e. The summed E-state index contributed by atoms with van der Waals surface area (Å²) in [5, 5.41) is 0. The van der Waals surface area contributed by atoms with Crippen LogP contribution in [0.5, 0.6) is 0 Å². The zero-order valence-corrected chi connectivity index (χ0v) is 10.1. The van der Waals surface area contributed by atoms with Crippen LogP contribution in [0.25, 0.3) is 0 Å². The third kappa shape index (κ3) is 2.11. The molecule has 2 heterocycles. The molecule has 0 amide bonds. The van der Waals surface area contributed by atoms with Crippen molar-refractivity contribution in [1.82, 2.24) is 4.90 Å². The van der Waals surface area contributed by atoms with E-state index in [9.17, 15) is 4.79 Å². The summed E-state index contributed by atoms with van der Waals surface area (Å²) in [6.07, 6.45) is 1.14. The van der Waals surface area contributed by atoms with E-state index < -0.39 is 0 Å². The van der Waals surface area contributed by atoms with Gasteiger partial charge in [0.05, 0.1) is 0 Å². The summed E-state index contributed by atoms with van der Waals surface area (Å²) in [5.74, 6) is 1.24.